The predicted molar refractivity (Wildman–Crippen MR) is 76.4 cm³/mol. The molecule has 2 heterocycles. The van der Waals surface area contributed by atoms with E-state index in [0.717, 1.165) is 11.3 Å². The third kappa shape index (κ3) is 4.02. The van der Waals surface area contributed by atoms with Crippen LogP contribution in [0.15, 0.2) is 21.7 Å². The number of thiophene rings is 1. The molecule has 1 aromatic heterocycles. The zero-order chi connectivity index (χ0) is 15.5. The third-order valence-corrected chi connectivity index (χ3v) is 6.10. The number of carboxylic acid groups (broad SMARTS) is 1. The predicted octanol–water partition coefficient (Wildman–Crippen LogP) is 0.350. The van der Waals surface area contributed by atoms with E-state index in [1.807, 2.05) is 0 Å². The zero-order valence-electron chi connectivity index (χ0n) is 11.2. The van der Waals surface area contributed by atoms with E-state index in [4.69, 9.17) is 5.11 Å². The van der Waals surface area contributed by atoms with Crippen molar-refractivity contribution in [2.75, 3.05) is 19.6 Å². The van der Waals surface area contributed by atoms with Gasteiger partial charge in [0, 0.05) is 13.1 Å². The van der Waals surface area contributed by atoms with Crippen LogP contribution in [0, 0.1) is 5.92 Å². The molecule has 1 fully saturated rings. The van der Waals surface area contributed by atoms with Crippen LogP contribution in [-0.4, -0.2) is 49.9 Å². The highest BCUT2D eigenvalue weighted by Crippen LogP contribution is 2.17. The van der Waals surface area contributed by atoms with Crippen molar-refractivity contribution in [3.63, 3.8) is 0 Å². The molecule has 1 aliphatic rings. The van der Waals surface area contributed by atoms with Crippen LogP contribution in [0.1, 0.15) is 12.8 Å². The maximum Gasteiger partial charge on any atom is 0.308 e. The van der Waals surface area contributed by atoms with Crippen LogP contribution in [0.2, 0.25) is 0 Å². The first-order chi connectivity index (χ1) is 9.90. The molecule has 0 aliphatic carbocycles. The van der Waals surface area contributed by atoms with Crippen molar-refractivity contribution in [3.8, 4) is 0 Å². The Bertz CT molecular complexity index is 612. The molecule has 1 aromatic rings. The minimum atomic E-state index is -3.68. The number of aliphatic carboxylic acids is 1. The first-order valence-electron chi connectivity index (χ1n) is 6.44. The molecule has 0 bridgehead atoms. The average molecular weight is 332 g/mol. The number of sulfonamides is 1. The molecule has 9 heteroatoms. The molecule has 0 saturated carbocycles. The quantitative estimate of drug-likeness (QED) is 0.810. The lowest BCUT2D eigenvalue weighted by Gasteiger charge is -2.30. The van der Waals surface area contributed by atoms with Gasteiger partial charge in [-0.25, -0.2) is 13.1 Å². The minimum absolute atomic E-state index is 0.134. The van der Waals surface area contributed by atoms with Gasteiger partial charge in [0.15, 0.2) is 0 Å². The Morgan fingerprint density at radius 3 is 2.86 bits per heavy atom. The van der Waals surface area contributed by atoms with E-state index in [0.29, 0.717) is 19.4 Å². The van der Waals surface area contributed by atoms with Crippen molar-refractivity contribution in [1.29, 1.82) is 0 Å². The van der Waals surface area contributed by atoms with Crippen molar-refractivity contribution >= 4 is 33.2 Å². The molecular weight excluding hydrogens is 316 g/mol. The molecule has 0 unspecified atom stereocenters. The molecule has 0 spiro atoms. The number of hydrogen-bond acceptors (Lipinski definition) is 5. The Kier molecular flexibility index (Phi) is 4.96. The molecule has 1 amide bonds. The maximum atomic E-state index is 12.0. The highest BCUT2D eigenvalue weighted by Gasteiger charge is 2.28. The number of carbonyl (C=O) groups excluding carboxylic acids is 1. The van der Waals surface area contributed by atoms with Crippen LogP contribution in [0.4, 0.5) is 0 Å². The summed E-state index contributed by atoms with van der Waals surface area (Å²) in [6.07, 6.45) is 1.15. The third-order valence-electron chi connectivity index (χ3n) is 3.30. The standard InChI is InChI=1S/C12H16N2O5S2/c15-10(14-5-1-3-9(8-14)12(16)17)7-13-21(18,19)11-4-2-6-20-11/h2,4,6,9,13H,1,3,5,7-8H2,(H,16,17)/t9-/m0/s1. The summed E-state index contributed by atoms with van der Waals surface area (Å²) >= 11 is 1.07. The lowest BCUT2D eigenvalue weighted by Crippen LogP contribution is -2.46. The molecule has 1 saturated heterocycles. The molecule has 1 atom stereocenters. The van der Waals surface area contributed by atoms with Crippen molar-refractivity contribution in [3.05, 3.63) is 17.5 Å². The summed E-state index contributed by atoms with van der Waals surface area (Å²) in [6, 6.07) is 3.07. The zero-order valence-corrected chi connectivity index (χ0v) is 12.8. The minimum Gasteiger partial charge on any atom is -0.481 e. The van der Waals surface area contributed by atoms with Gasteiger partial charge in [0.25, 0.3) is 10.0 Å². The molecule has 7 nitrogen and oxygen atoms in total. The SMILES string of the molecule is O=C(O)[C@H]1CCCN(C(=O)CNS(=O)(=O)c2cccs2)C1. The van der Waals surface area contributed by atoms with Gasteiger partial charge in [0.1, 0.15) is 4.21 Å². The molecule has 21 heavy (non-hydrogen) atoms. The Hall–Kier alpha value is -1.45. The molecule has 1 aliphatic heterocycles. The van der Waals surface area contributed by atoms with Crippen LogP contribution in [0.3, 0.4) is 0 Å². The second-order valence-corrected chi connectivity index (χ2v) is 7.72. The summed E-state index contributed by atoms with van der Waals surface area (Å²) < 4.78 is 26.2. The highest BCUT2D eigenvalue weighted by atomic mass is 32.2. The summed E-state index contributed by atoms with van der Waals surface area (Å²) in [6.45, 7) is 0.241. The van der Waals surface area contributed by atoms with E-state index >= 15 is 0 Å². The fourth-order valence-corrected chi connectivity index (χ4v) is 4.17. The summed E-state index contributed by atoms with van der Waals surface area (Å²) in [5.74, 6) is -1.90. The number of rotatable bonds is 5. The summed E-state index contributed by atoms with van der Waals surface area (Å²) in [5.41, 5.74) is 0. The summed E-state index contributed by atoms with van der Waals surface area (Å²) in [5, 5.41) is 10.6. The number of carboxylic acids is 1. The van der Waals surface area contributed by atoms with Gasteiger partial charge in [0.2, 0.25) is 5.91 Å². The van der Waals surface area contributed by atoms with E-state index in [1.165, 1.54) is 11.0 Å². The normalized spacial score (nSPS) is 19.4. The van der Waals surface area contributed by atoms with E-state index in [9.17, 15) is 18.0 Å². The van der Waals surface area contributed by atoms with Gasteiger partial charge in [-0.2, -0.15) is 0 Å². The number of likely N-dealkylation sites (tertiary alicyclic amines) is 1. The second kappa shape index (κ2) is 6.54. The lowest BCUT2D eigenvalue weighted by molar-refractivity contribution is -0.145. The summed E-state index contributed by atoms with van der Waals surface area (Å²) in [7, 11) is -3.68. The molecular formula is C12H16N2O5S2. The number of nitrogens with zero attached hydrogens (tertiary/aromatic N) is 1. The molecule has 0 radical (unpaired) electrons. The topological polar surface area (TPSA) is 104 Å². The molecule has 116 valence electrons. The van der Waals surface area contributed by atoms with Crippen molar-refractivity contribution < 1.29 is 23.1 Å². The van der Waals surface area contributed by atoms with Crippen LogP contribution < -0.4 is 4.72 Å². The van der Waals surface area contributed by atoms with Gasteiger partial charge in [-0.05, 0) is 24.3 Å². The van der Waals surface area contributed by atoms with E-state index in [2.05, 4.69) is 4.72 Å². The van der Waals surface area contributed by atoms with Gasteiger partial charge in [-0.15, -0.1) is 11.3 Å². The molecule has 2 rings (SSSR count). The second-order valence-electron chi connectivity index (χ2n) is 4.77. The molecule has 2 N–H and O–H groups in total. The van der Waals surface area contributed by atoms with Crippen molar-refractivity contribution in [2.45, 2.75) is 17.1 Å². The molecule has 0 aromatic carbocycles. The highest BCUT2D eigenvalue weighted by molar-refractivity contribution is 7.91. The number of hydrogen-bond donors (Lipinski definition) is 2. The Balaban J connectivity index is 1.91. The lowest BCUT2D eigenvalue weighted by atomic mass is 9.98. The first kappa shape index (κ1) is 15.9. The van der Waals surface area contributed by atoms with E-state index in [-0.39, 0.29) is 17.3 Å². The first-order valence-corrected chi connectivity index (χ1v) is 8.80. The fourth-order valence-electron chi connectivity index (χ4n) is 2.16. The Morgan fingerprint density at radius 1 is 1.48 bits per heavy atom. The van der Waals surface area contributed by atoms with Crippen molar-refractivity contribution in [1.82, 2.24) is 9.62 Å². The van der Waals surface area contributed by atoms with Crippen LogP contribution in [0.5, 0.6) is 0 Å². The van der Waals surface area contributed by atoms with Gasteiger partial charge >= 0.3 is 5.97 Å². The average Bonchev–Trinajstić information content (AvgIpc) is 3.00. The maximum absolute atomic E-state index is 12.0. The van der Waals surface area contributed by atoms with Gasteiger partial charge < -0.3 is 10.0 Å². The van der Waals surface area contributed by atoms with Gasteiger partial charge in [-0.3, -0.25) is 9.59 Å². The van der Waals surface area contributed by atoms with Crippen LogP contribution in [-0.2, 0) is 19.6 Å². The Labute approximate surface area is 126 Å². The number of nitrogens with one attached hydrogen (secondary N) is 1. The van der Waals surface area contributed by atoms with Crippen LogP contribution in [0.25, 0.3) is 0 Å². The fraction of sp³-hybridized carbons (Fsp3) is 0.500. The number of piperidine rings is 1. The van der Waals surface area contributed by atoms with Gasteiger partial charge in [-0.1, -0.05) is 6.07 Å². The van der Waals surface area contributed by atoms with Gasteiger partial charge in [0.05, 0.1) is 12.5 Å². The van der Waals surface area contributed by atoms with E-state index < -0.39 is 27.8 Å². The van der Waals surface area contributed by atoms with Crippen LogP contribution >= 0.6 is 11.3 Å². The van der Waals surface area contributed by atoms with E-state index in [1.54, 1.807) is 11.4 Å². The smallest absolute Gasteiger partial charge is 0.308 e. The number of amides is 1. The Morgan fingerprint density at radius 2 is 2.24 bits per heavy atom. The monoisotopic (exact) mass is 332 g/mol. The summed E-state index contributed by atoms with van der Waals surface area (Å²) in [4.78, 5) is 24.3. The largest absolute Gasteiger partial charge is 0.481 e. The number of carbonyl (C=O) groups is 2. The van der Waals surface area contributed by atoms with Crippen molar-refractivity contribution in [2.24, 2.45) is 5.92 Å².